The van der Waals surface area contributed by atoms with Crippen LogP contribution in [0.15, 0.2) is 297 Å². The molecule has 4 nitrogen and oxygen atoms in total. The molecule has 2 aliphatic rings. The zero-order chi connectivity index (χ0) is 78.7. The molecule has 105 heavy (non-hydrogen) atoms. The molecule has 0 bridgehead atoms. The Morgan fingerprint density at radius 2 is 0.705 bits per heavy atom. The Hall–Kier alpha value is -11.7. The van der Waals surface area contributed by atoms with Crippen molar-refractivity contribution in [2.45, 2.75) is 105 Å². The van der Waals surface area contributed by atoms with Gasteiger partial charge >= 0.3 is 0 Å². The number of aromatic nitrogens is 2. The average molecular weight is 1360 g/mol. The van der Waals surface area contributed by atoms with E-state index in [1.807, 2.05) is 6.07 Å². The molecule has 0 unspecified atom stereocenters. The summed E-state index contributed by atoms with van der Waals surface area (Å²) in [5.74, 6) is 0. The third-order valence-corrected chi connectivity index (χ3v) is 22.5. The van der Waals surface area contributed by atoms with Gasteiger partial charge in [-0.2, -0.15) is 0 Å². The summed E-state index contributed by atoms with van der Waals surface area (Å²) in [7, 11) is 0. The zero-order valence-corrected chi connectivity index (χ0v) is 61.5. The molecule has 0 saturated heterocycles. The minimum atomic E-state index is -0.539. The predicted octanol–water partition coefficient (Wildman–Crippen LogP) is 25.6. The summed E-state index contributed by atoms with van der Waals surface area (Å²) in [5, 5.41) is 8.89. The van der Waals surface area contributed by atoms with Crippen molar-refractivity contribution >= 4 is 139 Å². The number of rotatable bonds is 6. The second-order valence-electron chi connectivity index (χ2n) is 33.1. The van der Waals surface area contributed by atoms with Crippen molar-refractivity contribution in [3.63, 3.8) is 0 Å². The van der Waals surface area contributed by atoms with E-state index in [0.717, 1.165) is 144 Å². The van der Waals surface area contributed by atoms with Gasteiger partial charge in [-0.1, -0.05) is 320 Å². The molecule has 0 N–H and O–H groups in total. The molecule has 2 aliphatic heterocycles. The van der Waals surface area contributed by atoms with E-state index in [1.54, 1.807) is 4.57 Å². The maximum atomic E-state index is 9.89. The maximum absolute atomic E-state index is 9.89. The van der Waals surface area contributed by atoms with Crippen LogP contribution in [0.3, 0.4) is 0 Å². The van der Waals surface area contributed by atoms with Gasteiger partial charge in [-0.25, -0.2) is 0 Å². The number of benzene rings is 14. The number of fused-ring (bicyclic) bond motifs is 17. The highest BCUT2D eigenvalue weighted by Gasteiger charge is 2.45. The lowest BCUT2D eigenvalue weighted by Crippen LogP contribution is -2.61. The molecule has 19 rings (SSSR count). The molecule has 0 aliphatic carbocycles. The summed E-state index contributed by atoms with van der Waals surface area (Å²) in [4.78, 5) is 5.01. The fourth-order valence-electron chi connectivity index (χ4n) is 17.1. The molecule has 5 heteroatoms. The van der Waals surface area contributed by atoms with E-state index in [0.29, 0.717) is 5.69 Å². The summed E-state index contributed by atoms with van der Waals surface area (Å²) < 4.78 is 80.1. The van der Waals surface area contributed by atoms with Crippen LogP contribution in [0.5, 0.6) is 0 Å². The number of hydrogen-bond donors (Lipinski definition) is 0. The highest BCUT2D eigenvalue weighted by atomic mass is 15.2. The molecule has 17 aromatic rings. The van der Waals surface area contributed by atoms with Crippen LogP contribution >= 0.6 is 0 Å². The van der Waals surface area contributed by atoms with Crippen molar-refractivity contribution in [1.82, 2.24) is 8.97 Å². The third kappa shape index (κ3) is 10.2. The molecule has 0 spiro atoms. The number of nitrogens with zero attached hydrogens (tertiary/aromatic N) is 4. The van der Waals surface area contributed by atoms with Gasteiger partial charge in [-0.15, -0.1) is 0 Å². The molecule has 5 heterocycles. The van der Waals surface area contributed by atoms with Crippen LogP contribution in [-0.4, -0.2) is 15.7 Å². The fourth-order valence-corrected chi connectivity index (χ4v) is 17.1. The second-order valence-corrected chi connectivity index (χ2v) is 33.1. The summed E-state index contributed by atoms with van der Waals surface area (Å²) in [5.41, 5.74) is 22.4. The van der Waals surface area contributed by atoms with Crippen LogP contribution in [-0.2, 0) is 21.7 Å². The van der Waals surface area contributed by atoms with Crippen LogP contribution < -0.4 is 26.2 Å². The summed E-state index contributed by atoms with van der Waals surface area (Å²) in [6.45, 7) is 26.9. The minimum Gasteiger partial charge on any atom is -0.311 e. The monoisotopic (exact) mass is 1360 g/mol. The van der Waals surface area contributed by atoms with Crippen molar-refractivity contribution < 1.29 is 11.0 Å². The lowest BCUT2D eigenvalue weighted by atomic mass is 9.33. The van der Waals surface area contributed by atoms with Crippen molar-refractivity contribution in [3.8, 4) is 39.1 Å². The van der Waals surface area contributed by atoms with Gasteiger partial charge in [0.05, 0.1) is 49.9 Å². The second kappa shape index (κ2) is 23.4. The van der Waals surface area contributed by atoms with E-state index in [-0.39, 0.29) is 67.6 Å². The van der Waals surface area contributed by atoms with Gasteiger partial charge < -0.3 is 18.8 Å². The van der Waals surface area contributed by atoms with E-state index in [9.17, 15) is 8.22 Å². The first-order valence-electron chi connectivity index (χ1n) is 40.9. The molecular formula is C100H85BN4. The van der Waals surface area contributed by atoms with Gasteiger partial charge in [-0.05, 0) is 165 Å². The highest BCUT2D eigenvalue weighted by molar-refractivity contribution is 7.00. The highest BCUT2D eigenvalue weighted by Crippen LogP contribution is 2.53. The lowest BCUT2D eigenvalue weighted by Gasteiger charge is -2.45. The third-order valence-electron chi connectivity index (χ3n) is 22.5. The summed E-state index contributed by atoms with van der Waals surface area (Å²) >= 11 is 0. The maximum Gasteiger partial charge on any atom is 0.252 e. The zero-order valence-electron chi connectivity index (χ0n) is 69.5. The fraction of sp³-hybridized carbons (Fsp3) is 0.160. The smallest absolute Gasteiger partial charge is 0.252 e. The summed E-state index contributed by atoms with van der Waals surface area (Å²) in [6, 6.07) is 88.6. The SMILES string of the molecule is [2H]c1c([2H])c([2H])c2c(c1[2H])c1c([2H])c([2H])c([2H])c([2H])c1n2-c1ccc2c(c1)N(c1ccccc1-c1cc(C(C)(C)C)cc(C(C)(C)C)c1)c1cc(-c3ccccc3)cc3c1B2c1cc2c4ccccc4c4ccccc4c4cccc5c6ccccc6n(c2cc1N3c1ccccc1-c1cc(C(C)(C)C)cc(C(C)(C)C)c1)c45. The molecule has 0 saturated carbocycles. The van der Waals surface area contributed by atoms with Gasteiger partial charge in [0.2, 0.25) is 0 Å². The first kappa shape index (κ1) is 55.9. The van der Waals surface area contributed by atoms with E-state index >= 15 is 0 Å². The number of anilines is 6. The molecule has 0 fully saturated rings. The van der Waals surface area contributed by atoms with Crippen LogP contribution in [0.4, 0.5) is 34.1 Å². The van der Waals surface area contributed by atoms with Crippen LogP contribution in [0.2, 0.25) is 0 Å². The van der Waals surface area contributed by atoms with Crippen LogP contribution in [0.1, 0.15) is 116 Å². The van der Waals surface area contributed by atoms with Gasteiger partial charge in [0.15, 0.2) is 0 Å². The first-order chi connectivity index (χ1) is 54.0. The van der Waals surface area contributed by atoms with E-state index in [4.69, 9.17) is 2.74 Å². The lowest BCUT2D eigenvalue weighted by molar-refractivity contribution is 0.568. The van der Waals surface area contributed by atoms with Gasteiger partial charge in [-0.3, -0.25) is 0 Å². The largest absolute Gasteiger partial charge is 0.311 e. The van der Waals surface area contributed by atoms with E-state index in [1.165, 1.54) is 22.3 Å². The minimum absolute atomic E-state index is 0.0145. The Kier molecular flexibility index (Phi) is 12.5. The van der Waals surface area contributed by atoms with Crippen LogP contribution in [0, 0.1) is 0 Å². The molecule has 508 valence electrons. The number of para-hydroxylation sites is 6. The van der Waals surface area contributed by atoms with Crippen molar-refractivity contribution in [2.75, 3.05) is 9.80 Å². The predicted molar refractivity (Wildman–Crippen MR) is 453 cm³/mol. The Bertz CT molecular complexity index is 6900. The van der Waals surface area contributed by atoms with Crippen LogP contribution in [0.25, 0.3) is 121 Å². The van der Waals surface area contributed by atoms with Gasteiger partial charge in [0.25, 0.3) is 6.71 Å². The Morgan fingerprint density at radius 1 is 0.276 bits per heavy atom. The quantitative estimate of drug-likeness (QED) is 0.154. The Labute approximate surface area is 628 Å². The molecule has 0 radical (unpaired) electrons. The van der Waals surface area contributed by atoms with E-state index < -0.39 is 30.9 Å². The van der Waals surface area contributed by atoms with Crippen molar-refractivity contribution in [3.05, 3.63) is 319 Å². The Balaban J connectivity index is 1.04. The normalized spacial score (nSPS) is 14.3. The standard InChI is InChI=1S/C100H85BN4/c1-97(2,3)66-51-64(52-67(57-66)98(4,5)6)71-33-20-25-44-85(71)103-91-59-70(102-87-46-27-22-39-77(87)78-40-23-28-47-88(78)102)49-50-83(91)101-84-60-82-76-38-19-17-36-74(76)73-35-16-18-37-75(73)80-42-30-43-81-79-41-24-29-48-89(79)105(96(80)81)90(82)61-92(84)104(94-56-63(55-93(103)95(94)101)62-31-14-13-15-32-62)86-45-26-21-34-72(86)65-53-68(99(7,8)9)58-69(54-65)100(10,11)12/h13-61H,1-12H3/i22D,23D,27D,28D,39D,40D,46D,47D. The first-order valence-corrected chi connectivity index (χ1v) is 36.9. The van der Waals surface area contributed by atoms with Crippen molar-refractivity contribution in [1.29, 1.82) is 0 Å². The van der Waals surface area contributed by atoms with E-state index in [2.05, 4.69) is 340 Å². The van der Waals surface area contributed by atoms with Gasteiger partial charge in [0.1, 0.15) is 0 Å². The molecule has 0 atom stereocenters. The average Bonchev–Trinajstić information content (AvgIpc) is 1.69. The summed E-state index contributed by atoms with van der Waals surface area (Å²) in [6.07, 6.45) is 0. The Morgan fingerprint density at radius 3 is 1.23 bits per heavy atom. The molecular weight excluding hydrogens is 1270 g/mol. The van der Waals surface area contributed by atoms with Crippen molar-refractivity contribution in [2.24, 2.45) is 0 Å². The molecule has 3 aromatic heterocycles. The molecule has 0 amide bonds. The number of hydrogen-bond acceptors (Lipinski definition) is 2. The topological polar surface area (TPSA) is 15.8 Å². The van der Waals surface area contributed by atoms with Gasteiger partial charge in [0, 0.05) is 71.9 Å². The molecule has 14 aromatic carbocycles.